The molecule has 2 amide bonds. The fourth-order valence-corrected chi connectivity index (χ4v) is 3.64. The molecule has 6 heteroatoms. The number of fused-ring (bicyclic) bond motifs is 1. The number of nitrogens with zero attached hydrogens (tertiary/aromatic N) is 2. The number of hydrogen-bond donors (Lipinski definition) is 2. The molecule has 2 heterocycles. The maximum Gasteiger partial charge on any atom is 0.254 e. The molecule has 0 saturated carbocycles. The molecule has 1 aliphatic rings. The highest BCUT2D eigenvalue weighted by Gasteiger charge is 2.23. The predicted molar refractivity (Wildman–Crippen MR) is 112 cm³/mol. The van der Waals surface area contributed by atoms with Crippen LogP contribution in [0.2, 0.25) is 0 Å². The average Bonchev–Trinajstić information content (AvgIpc) is 3.21. The lowest BCUT2D eigenvalue weighted by atomic mass is 9.97. The summed E-state index contributed by atoms with van der Waals surface area (Å²) in [4.78, 5) is 27.3. The topological polar surface area (TPSA) is 78.1 Å². The first kappa shape index (κ1) is 18.9. The molecule has 29 heavy (non-hydrogen) atoms. The van der Waals surface area contributed by atoms with Gasteiger partial charge in [-0.3, -0.25) is 14.7 Å². The minimum atomic E-state index is -0.0972. The standard InChI is InChI=1S/C23H24N4O2/c1-15(2)25-22(28)20-6-4-3-5-19(20)16-7-9-17(10-8-16)23(29)27-12-11-21-18(14-27)13-24-26-21/h3-10,13,15H,11-12,14H2,1-2H3,(H,24,26)(H,25,28). The van der Waals surface area contributed by atoms with Gasteiger partial charge in [0, 0.05) is 47.9 Å². The normalized spacial score (nSPS) is 13.3. The first-order valence-corrected chi connectivity index (χ1v) is 9.83. The second-order valence-electron chi connectivity index (χ2n) is 7.60. The van der Waals surface area contributed by atoms with Gasteiger partial charge in [-0.25, -0.2) is 0 Å². The van der Waals surface area contributed by atoms with Crippen LogP contribution in [0.5, 0.6) is 0 Å². The maximum absolute atomic E-state index is 12.9. The Hall–Kier alpha value is -3.41. The Kier molecular flexibility index (Phi) is 5.16. The van der Waals surface area contributed by atoms with Crippen LogP contribution in [0.4, 0.5) is 0 Å². The van der Waals surface area contributed by atoms with Gasteiger partial charge in [-0.1, -0.05) is 30.3 Å². The third-order valence-electron chi connectivity index (χ3n) is 5.12. The van der Waals surface area contributed by atoms with E-state index in [4.69, 9.17) is 0 Å². The summed E-state index contributed by atoms with van der Waals surface area (Å²) < 4.78 is 0. The highest BCUT2D eigenvalue weighted by atomic mass is 16.2. The molecule has 0 unspecified atom stereocenters. The Morgan fingerprint density at radius 3 is 2.62 bits per heavy atom. The van der Waals surface area contributed by atoms with E-state index in [1.165, 1.54) is 0 Å². The summed E-state index contributed by atoms with van der Waals surface area (Å²) in [5.41, 5.74) is 5.22. The molecule has 0 radical (unpaired) electrons. The second kappa shape index (κ2) is 7.91. The summed E-state index contributed by atoms with van der Waals surface area (Å²) in [6.07, 6.45) is 2.58. The molecule has 2 N–H and O–H groups in total. The van der Waals surface area contributed by atoms with Crippen LogP contribution in [-0.2, 0) is 13.0 Å². The van der Waals surface area contributed by atoms with E-state index >= 15 is 0 Å². The van der Waals surface area contributed by atoms with Gasteiger partial charge in [0.05, 0.1) is 6.20 Å². The molecule has 0 saturated heterocycles. The van der Waals surface area contributed by atoms with Gasteiger partial charge in [0.2, 0.25) is 0 Å². The Morgan fingerprint density at radius 2 is 1.86 bits per heavy atom. The van der Waals surface area contributed by atoms with Crippen molar-refractivity contribution in [2.75, 3.05) is 6.54 Å². The number of carbonyl (C=O) groups excluding carboxylic acids is 2. The fraction of sp³-hybridized carbons (Fsp3) is 0.261. The monoisotopic (exact) mass is 388 g/mol. The van der Waals surface area contributed by atoms with Crippen LogP contribution in [0.25, 0.3) is 11.1 Å². The van der Waals surface area contributed by atoms with Gasteiger partial charge >= 0.3 is 0 Å². The van der Waals surface area contributed by atoms with Gasteiger partial charge in [-0.2, -0.15) is 5.10 Å². The lowest BCUT2D eigenvalue weighted by Gasteiger charge is -2.26. The number of rotatable bonds is 4. The van der Waals surface area contributed by atoms with Crippen molar-refractivity contribution >= 4 is 11.8 Å². The van der Waals surface area contributed by atoms with E-state index in [0.29, 0.717) is 24.2 Å². The number of aromatic nitrogens is 2. The number of aromatic amines is 1. The lowest BCUT2D eigenvalue weighted by molar-refractivity contribution is 0.0734. The summed E-state index contributed by atoms with van der Waals surface area (Å²) in [6, 6.07) is 15.1. The third-order valence-corrected chi connectivity index (χ3v) is 5.12. The Labute approximate surface area is 169 Å². The summed E-state index contributed by atoms with van der Waals surface area (Å²) in [6.45, 7) is 5.13. The zero-order valence-electron chi connectivity index (χ0n) is 16.6. The van der Waals surface area contributed by atoms with E-state index in [9.17, 15) is 9.59 Å². The van der Waals surface area contributed by atoms with Crippen molar-refractivity contribution in [3.63, 3.8) is 0 Å². The SMILES string of the molecule is CC(C)NC(=O)c1ccccc1-c1ccc(C(=O)N2CCc3[nH]ncc3C2)cc1. The molecule has 0 spiro atoms. The molecular weight excluding hydrogens is 364 g/mol. The number of benzene rings is 2. The zero-order valence-corrected chi connectivity index (χ0v) is 16.6. The molecule has 2 aromatic carbocycles. The van der Waals surface area contributed by atoms with E-state index in [0.717, 1.165) is 28.8 Å². The Morgan fingerprint density at radius 1 is 1.10 bits per heavy atom. The Bertz CT molecular complexity index is 1040. The number of amides is 2. The summed E-state index contributed by atoms with van der Waals surface area (Å²) in [5, 5.41) is 9.99. The smallest absolute Gasteiger partial charge is 0.254 e. The van der Waals surface area contributed by atoms with E-state index in [-0.39, 0.29) is 17.9 Å². The summed E-state index contributed by atoms with van der Waals surface area (Å²) in [7, 11) is 0. The maximum atomic E-state index is 12.9. The largest absolute Gasteiger partial charge is 0.350 e. The fourth-order valence-electron chi connectivity index (χ4n) is 3.64. The van der Waals surface area contributed by atoms with Gasteiger partial charge in [-0.05, 0) is 43.2 Å². The van der Waals surface area contributed by atoms with Crippen LogP contribution in [0.1, 0.15) is 45.8 Å². The quantitative estimate of drug-likeness (QED) is 0.719. The number of carbonyl (C=O) groups is 2. The minimum absolute atomic E-state index is 0.00855. The molecule has 4 rings (SSSR count). The van der Waals surface area contributed by atoms with Crippen molar-refractivity contribution in [1.82, 2.24) is 20.4 Å². The molecule has 148 valence electrons. The van der Waals surface area contributed by atoms with Gasteiger partial charge in [0.15, 0.2) is 0 Å². The molecule has 6 nitrogen and oxygen atoms in total. The molecule has 1 aliphatic heterocycles. The highest BCUT2D eigenvalue weighted by Crippen LogP contribution is 2.25. The van der Waals surface area contributed by atoms with Crippen molar-refractivity contribution < 1.29 is 9.59 Å². The van der Waals surface area contributed by atoms with E-state index in [2.05, 4.69) is 15.5 Å². The van der Waals surface area contributed by atoms with Crippen LogP contribution < -0.4 is 5.32 Å². The second-order valence-corrected chi connectivity index (χ2v) is 7.60. The van der Waals surface area contributed by atoms with Gasteiger partial charge < -0.3 is 10.2 Å². The average molecular weight is 388 g/mol. The van der Waals surface area contributed by atoms with Crippen LogP contribution in [0, 0.1) is 0 Å². The van der Waals surface area contributed by atoms with Crippen LogP contribution >= 0.6 is 0 Å². The van der Waals surface area contributed by atoms with E-state index < -0.39 is 0 Å². The number of nitrogens with one attached hydrogen (secondary N) is 2. The molecular formula is C23H24N4O2. The molecule has 0 bridgehead atoms. The van der Waals surface area contributed by atoms with Crippen molar-refractivity contribution in [1.29, 1.82) is 0 Å². The molecule has 0 fully saturated rings. The number of H-pyrrole nitrogens is 1. The predicted octanol–water partition coefficient (Wildman–Crippen LogP) is 3.41. The van der Waals surface area contributed by atoms with Crippen molar-refractivity contribution in [2.45, 2.75) is 32.9 Å². The van der Waals surface area contributed by atoms with E-state index in [1.807, 2.05) is 67.3 Å². The zero-order chi connectivity index (χ0) is 20.4. The molecule has 0 atom stereocenters. The van der Waals surface area contributed by atoms with Gasteiger partial charge in [0.1, 0.15) is 0 Å². The first-order chi connectivity index (χ1) is 14.0. The first-order valence-electron chi connectivity index (χ1n) is 9.83. The van der Waals surface area contributed by atoms with Crippen LogP contribution in [0.15, 0.2) is 54.7 Å². The lowest BCUT2D eigenvalue weighted by Crippen LogP contribution is -2.35. The summed E-state index contributed by atoms with van der Waals surface area (Å²) in [5.74, 6) is -0.0887. The van der Waals surface area contributed by atoms with Crippen molar-refractivity contribution in [3.05, 3.63) is 77.1 Å². The van der Waals surface area contributed by atoms with Crippen molar-refractivity contribution in [3.8, 4) is 11.1 Å². The van der Waals surface area contributed by atoms with E-state index in [1.54, 1.807) is 6.20 Å². The molecule has 3 aromatic rings. The van der Waals surface area contributed by atoms with Crippen molar-refractivity contribution in [2.24, 2.45) is 0 Å². The summed E-state index contributed by atoms with van der Waals surface area (Å²) >= 11 is 0. The molecule has 1 aromatic heterocycles. The number of hydrogen-bond acceptors (Lipinski definition) is 3. The minimum Gasteiger partial charge on any atom is -0.350 e. The van der Waals surface area contributed by atoms with Gasteiger partial charge in [0.25, 0.3) is 11.8 Å². The van der Waals surface area contributed by atoms with Gasteiger partial charge in [-0.15, -0.1) is 0 Å². The third kappa shape index (κ3) is 3.92. The highest BCUT2D eigenvalue weighted by molar-refractivity contribution is 6.01. The van der Waals surface area contributed by atoms with Crippen LogP contribution in [0.3, 0.4) is 0 Å². The molecule has 0 aliphatic carbocycles. The Balaban J connectivity index is 1.55. The van der Waals surface area contributed by atoms with Crippen LogP contribution in [-0.4, -0.2) is 39.5 Å².